The molecule has 0 saturated carbocycles. The zero-order valence-electron chi connectivity index (χ0n) is 10.1. The molecule has 0 unspecified atom stereocenters. The number of amides is 1. The Morgan fingerprint density at radius 3 is 2.89 bits per heavy atom. The number of hydrogen-bond acceptors (Lipinski definition) is 3. The van der Waals surface area contributed by atoms with Crippen LogP contribution in [0.4, 0.5) is 4.39 Å². The fourth-order valence-corrected chi connectivity index (χ4v) is 1.52. The summed E-state index contributed by atoms with van der Waals surface area (Å²) >= 11 is 0. The number of aromatic nitrogens is 1. The van der Waals surface area contributed by atoms with Crippen LogP contribution in [0.5, 0.6) is 5.75 Å². The molecule has 0 bridgehead atoms. The number of benzene rings is 1. The Kier molecular flexibility index (Phi) is 3.61. The van der Waals surface area contributed by atoms with E-state index in [0.717, 1.165) is 12.1 Å². The first-order valence-electron chi connectivity index (χ1n) is 5.55. The highest BCUT2D eigenvalue weighted by Crippen LogP contribution is 2.18. The number of H-pyrrole nitrogens is 1. The lowest BCUT2D eigenvalue weighted by Crippen LogP contribution is -2.19. The Hall–Kier alpha value is -2.63. The van der Waals surface area contributed by atoms with Gasteiger partial charge in [0.1, 0.15) is 17.3 Å². The van der Waals surface area contributed by atoms with Crippen molar-refractivity contribution in [2.24, 2.45) is 5.10 Å². The lowest BCUT2D eigenvalue weighted by Gasteiger charge is -2.04. The minimum atomic E-state index is -0.488. The first kappa shape index (κ1) is 12.8. The zero-order valence-corrected chi connectivity index (χ0v) is 10.1. The maximum atomic E-state index is 13.1. The lowest BCUT2D eigenvalue weighted by atomic mass is 10.1. The highest BCUT2D eigenvalue weighted by atomic mass is 19.1. The second-order valence-corrected chi connectivity index (χ2v) is 3.88. The van der Waals surface area contributed by atoms with Gasteiger partial charge in [-0.2, -0.15) is 5.10 Å². The molecule has 2 rings (SSSR count). The second-order valence-electron chi connectivity index (χ2n) is 3.88. The molecule has 1 aromatic heterocycles. The molecule has 0 aliphatic rings. The number of nitrogens with one attached hydrogen (secondary N) is 2. The van der Waals surface area contributed by atoms with Gasteiger partial charge in [-0.15, -0.1) is 0 Å². The average Bonchev–Trinajstić information content (AvgIpc) is 2.92. The summed E-state index contributed by atoms with van der Waals surface area (Å²) in [4.78, 5) is 14.3. The number of phenols is 1. The van der Waals surface area contributed by atoms with Crippen LogP contribution in [0.25, 0.3) is 0 Å². The standard InChI is InChI=1S/C13H12FN3O2/c1-8(10-7-9(14)4-5-12(10)18)16-17-13(19)11-3-2-6-15-11/h2-7,15,18H,1H3,(H,17,19)/b16-8+. The number of phenolic OH excluding ortho intramolecular Hbond substituents is 1. The Morgan fingerprint density at radius 2 is 2.21 bits per heavy atom. The van der Waals surface area contributed by atoms with E-state index in [9.17, 15) is 14.3 Å². The van der Waals surface area contributed by atoms with Gasteiger partial charge in [0.25, 0.3) is 5.91 Å². The minimum absolute atomic E-state index is 0.100. The fraction of sp³-hybridized carbons (Fsp3) is 0.0769. The molecule has 0 radical (unpaired) electrons. The molecule has 0 fully saturated rings. The number of carbonyl (C=O) groups is 1. The van der Waals surface area contributed by atoms with Crippen molar-refractivity contribution in [3.8, 4) is 5.75 Å². The van der Waals surface area contributed by atoms with Crippen molar-refractivity contribution in [2.75, 3.05) is 0 Å². The van der Waals surface area contributed by atoms with Crippen LogP contribution in [0.1, 0.15) is 23.0 Å². The molecule has 0 aliphatic carbocycles. The number of rotatable bonds is 3. The van der Waals surface area contributed by atoms with Crippen molar-refractivity contribution < 1.29 is 14.3 Å². The van der Waals surface area contributed by atoms with Gasteiger partial charge in [-0.1, -0.05) is 0 Å². The summed E-state index contributed by atoms with van der Waals surface area (Å²) in [6, 6.07) is 6.80. The summed E-state index contributed by atoms with van der Waals surface area (Å²) in [6.45, 7) is 1.56. The number of nitrogens with zero attached hydrogens (tertiary/aromatic N) is 1. The number of carbonyl (C=O) groups excluding carboxylic acids is 1. The van der Waals surface area contributed by atoms with Crippen molar-refractivity contribution in [3.05, 3.63) is 53.6 Å². The van der Waals surface area contributed by atoms with E-state index < -0.39 is 11.7 Å². The predicted octanol–water partition coefficient (Wildman–Crippen LogP) is 2.01. The van der Waals surface area contributed by atoms with Gasteiger partial charge in [0.15, 0.2) is 0 Å². The van der Waals surface area contributed by atoms with Crippen LogP contribution >= 0.6 is 0 Å². The molecule has 1 aromatic carbocycles. The van der Waals surface area contributed by atoms with Gasteiger partial charge in [0.05, 0.1) is 5.71 Å². The number of hydrazone groups is 1. The van der Waals surface area contributed by atoms with Crippen LogP contribution in [-0.4, -0.2) is 21.7 Å². The van der Waals surface area contributed by atoms with E-state index in [0.29, 0.717) is 11.4 Å². The van der Waals surface area contributed by atoms with Gasteiger partial charge < -0.3 is 10.1 Å². The maximum Gasteiger partial charge on any atom is 0.287 e. The summed E-state index contributed by atoms with van der Waals surface area (Å²) < 4.78 is 13.1. The van der Waals surface area contributed by atoms with Crippen molar-refractivity contribution in [2.45, 2.75) is 6.92 Å². The van der Waals surface area contributed by atoms with Gasteiger partial charge in [-0.25, -0.2) is 9.82 Å². The summed E-state index contributed by atoms with van der Waals surface area (Å²) in [5.74, 6) is -1.00. The third-order valence-corrected chi connectivity index (χ3v) is 2.52. The molecule has 6 heteroatoms. The third-order valence-electron chi connectivity index (χ3n) is 2.52. The molecule has 0 saturated heterocycles. The predicted molar refractivity (Wildman–Crippen MR) is 68.5 cm³/mol. The Morgan fingerprint density at radius 1 is 1.42 bits per heavy atom. The van der Waals surface area contributed by atoms with Gasteiger partial charge in [0, 0.05) is 11.8 Å². The molecule has 1 amide bonds. The largest absolute Gasteiger partial charge is 0.507 e. The van der Waals surface area contributed by atoms with Crippen molar-refractivity contribution >= 4 is 11.6 Å². The van der Waals surface area contributed by atoms with Crippen molar-refractivity contribution in [1.29, 1.82) is 0 Å². The van der Waals surface area contributed by atoms with Crippen LogP contribution in [0.2, 0.25) is 0 Å². The number of aromatic amines is 1. The van der Waals surface area contributed by atoms with Crippen LogP contribution < -0.4 is 5.43 Å². The van der Waals surface area contributed by atoms with E-state index in [1.54, 1.807) is 25.3 Å². The van der Waals surface area contributed by atoms with E-state index in [1.165, 1.54) is 6.07 Å². The molecule has 0 aliphatic heterocycles. The van der Waals surface area contributed by atoms with Gasteiger partial charge in [0.2, 0.25) is 0 Å². The average molecular weight is 261 g/mol. The summed E-state index contributed by atoms with van der Waals surface area (Å²) in [6.07, 6.45) is 1.61. The SMILES string of the molecule is C/C(=N\NC(=O)c1ccc[nH]1)c1cc(F)ccc1O. The fourth-order valence-electron chi connectivity index (χ4n) is 1.52. The molecular weight excluding hydrogens is 249 g/mol. The van der Waals surface area contributed by atoms with Gasteiger partial charge in [-0.05, 0) is 37.3 Å². The van der Waals surface area contributed by atoms with E-state index in [4.69, 9.17) is 0 Å². The molecular formula is C13H12FN3O2. The smallest absolute Gasteiger partial charge is 0.287 e. The molecule has 3 N–H and O–H groups in total. The first-order chi connectivity index (χ1) is 9.08. The third kappa shape index (κ3) is 2.98. The van der Waals surface area contributed by atoms with Crippen molar-refractivity contribution in [1.82, 2.24) is 10.4 Å². The molecule has 0 spiro atoms. The van der Waals surface area contributed by atoms with Gasteiger partial charge >= 0.3 is 0 Å². The van der Waals surface area contributed by atoms with Crippen molar-refractivity contribution in [3.63, 3.8) is 0 Å². The molecule has 0 atom stereocenters. The van der Waals surface area contributed by atoms with E-state index >= 15 is 0 Å². The van der Waals surface area contributed by atoms with E-state index in [2.05, 4.69) is 15.5 Å². The Labute approximate surface area is 108 Å². The number of aromatic hydroxyl groups is 1. The topological polar surface area (TPSA) is 77.5 Å². The molecule has 5 nitrogen and oxygen atoms in total. The summed E-state index contributed by atoms with van der Waals surface area (Å²) in [5, 5.41) is 13.4. The normalized spacial score (nSPS) is 11.4. The van der Waals surface area contributed by atoms with Crippen LogP contribution in [0.3, 0.4) is 0 Å². The zero-order chi connectivity index (χ0) is 13.8. The molecule has 1 heterocycles. The highest BCUT2D eigenvalue weighted by molar-refractivity contribution is 6.02. The minimum Gasteiger partial charge on any atom is -0.507 e. The monoisotopic (exact) mass is 261 g/mol. The Balaban J connectivity index is 2.15. The number of halogens is 1. The van der Waals surface area contributed by atoms with E-state index in [1.807, 2.05) is 0 Å². The molecule has 19 heavy (non-hydrogen) atoms. The molecule has 98 valence electrons. The maximum absolute atomic E-state index is 13.1. The lowest BCUT2D eigenvalue weighted by molar-refractivity contribution is 0.0950. The second kappa shape index (κ2) is 5.34. The van der Waals surface area contributed by atoms with E-state index in [-0.39, 0.29) is 11.3 Å². The first-order valence-corrected chi connectivity index (χ1v) is 5.55. The Bertz CT molecular complexity index is 621. The van der Waals surface area contributed by atoms with Crippen LogP contribution in [-0.2, 0) is 0 Å². The summed E-state index contributed by atoms with van der Waals surface area (Å²) in [5.41, 5.74) is 3.21. The quantitative estimate of drug-likeness (QED) is 0.584. The summed E-state index contributed by atoms with van der Waals surface area (Å²) in [7, 11) is 0. The van der Waals surface area contributed by atoms with Gasteiger partial charge in [-0.3, -0.25) is 4.79 Å². The van der Waals surface area contributed by atoms with Crippen LogP contribution in [0.15, 0.2) is 41.6 Å². The molecule has 2 aromatic rings. The highest BCUT2D eigenvalue weighted by Gasteiger charge is 2.08. The number of hydrogen-bond donors (Lipinski definition) is 3. The van der Waals surface area contributed by atoms with Crippen LogP contribution in [0, 0.1) is 5.82 Å².